The van der Waals surface area contributed by atoms with Gasteiger partial charge in [-0.3, -0.25) is 0 Å². The van der Waals surface area contributed by atoms with Crippen LogP contribution in [0.15, 0.2) is 60.7 Å². The minimum Gasteiger partial charge on any atom is -0.497 e. The molecular formula is C16H16O2. The Morgan fingerprint density at radius 1 is 1.00 bits per heavy atom. The van der Waals surface area contributed by atoms with E-state index < -0.39 is 0 Å². The first kappa shape index (κ1) is 12.4. The maximum absolute atomic E-state index is 9.16. The Bertz CT molecular complexity index is 513. The van der Waals surface area contributed by atoms with Crippen LogP contribution in [-0.2, 0) is 0 Å². The molecule has 0 saturated heterocycles. The average molecular weight is 240 g/mol. The Balaban J connectivity index is 2.39. The van der Waals surface area contributed by atoms with Crippen molar-refractivity contribution in [1.82, 2.24) is 0 Å². The summed E-state index contributed by atoms with van der Waals surface area (Å²) in [6.07, 6.45) is 1.82. The van der Waals surface area contributed by atoms with E-state index in [1.165, 1.54) is 0 Å². The summed E-state index contributed by atoms with van der Waals surface area (Å²) in [5.74, 6) is 0.829. The molecule has 0 bridgehead atoms. The van der Waals surface area contributed by atoms with E-state index in [1.54, 1.807) is 7.11 Å². The lowest BCUT2D eigenvalue weighted by atomic mass is 9.98. The number of benzene rings is 2. The van der Waals surface area contributed by atoms with Gasteiger partial charge in [0.1, 0.15) is 5.75 Å². The van der Waals surface area contributed by atoms with Crippen molar-refractivity contribution in [3.8, 4) is 5.75 Å². The zero-order valence-electron chi connectivity index (χ0n) is 10.3. The van der Waals surface area contributed by atoms with Crippen molar-refractivity contribution >= 4 is 5.57 Å². The minimum atomic E-state index is 0.0241. The number of hydrogen-bond donors (Lipinski definition) is 1. The van der Waals surface area contributed by atoms with Crippen LogP contribution in [0.4, 0.5) is 0 Å². The molecule has 0 saturated carbocycles. The monoisotopic (exact) mass is 240 g/mol. The van der Waals surface area contributed by atoms with E-state index in [1.807, 2.05) is 60.7 Å². The summed E-state index contributed by atoms with van der Waals surface area (Å²) < 4.78 is 5.15. The molecule has 0 spiro atoms. The lowest BCUT2D eigenvalue weighted by Gasteiger charge is -2.09. The fraction of sp³-hybridized carbons (Fsp3) is 0.125. The topological polar surface area (TPSA) is 29.5 Å². The zero-order valence-corrected chi connectivity index (χ0v) is 10.3. The SMILES string of the molecule is COc1ccc(/C(=C/CO)c2ccccc2)cc1. The van der Waals surface area contributed by atoms with Gasteiger partial charge in [0.2, 0.25) is 0 Å². The zero-order chi connectivity index (χ0) is 12.8. The van der Waals surface area contributed by atoms with Crippen molar-refractivity contribution < 1.29 is 9.84 Å². The van der Waals surface area contributed by atoms with Gasteiger partial charge in [-0.25, -0.2) is 0 Å². The Hall–Kier alpha value is -2.06. The van der Waals surface area contributed by atoms with E-state index in [9.17, 15) is 0 Å². The number of methoxy groups -OCH3 is 1. The van der Waals surface area contributed by atoms with E-state index in [4.69, 9.17) is 9.84 Å². The first-order valence-electron chi connectivity index (χ1n) is 5.86. The third-order valence-electron chi connectivity index (χ3n) is 2.78. The molecule has 2 rings (SSSR count). The van der Waals surface area contributed by atoms with Crippen LogP contribution >= 0.6 is 0 Å². The van der Waals surface area contributed by atoms with Gasteiger partial charge in [0.15, 0.2) is 0 Å². The third-order valence-corrected chi connectivity index (χ3v) is 2.78. The van der Waals surface area contributed by atoms with Gasteiger partial charge in [0.25, 0.3) is 0 Å². The van der Waals surface area contributed by atoms with Gasteiger partial charge in [-0.05, 0) is 28.8 Å². The molecule has 92 valence electrons. The van der Waals surface area contributed by atoms with Gasteiger partial charge in [-0.15, -0.1) is 0 Å². The van der Waals surface area contributed by atoms with E-state index in [2.05, 4.69) is 0 Å². The largest absolute Gasteiger partial charge is 0.497 e. The molecule has 2 aromatic rings. The number of hydrogen-bond acceptors (Lipinski definition) is 2. The first-order valence-corrected chi connectivity index (χ1v) is 5.86. The maximum atomic E-state index is 9.16. The van der Waals surface area contributed by atoms with E-state index in [0.29, 0.717) is 0 Å². The summed E-state index contributed by atoms with van der Waals surface area (Å²) >= 11 is 0. The first-order chi connectivity index (χ1) is 8.85. The standard InChI is InChI=1S/C16H16O2/c1-18-15-9-7-14(8-10-15)16(11-12-17)13-5-3-2-4-6-13/h2-11,17H,12H2,1H3/b16-11+. The molecule has 0 heterocycles. The van der Waals surface area contributed by atoms with Crippen LogP contribution in [0.1, 0.15) is 11.1 Å². The summed E-state index contributed by atoms with van der Waals surface area (Å²) in [7, 11) is 1.65. The molecule has 0 fully saturated rings. The second-order valence-corrected chi connectivity index (χ2v) is 3.89. The van der Waals surface area contributed by atoms with Crippen molar-refractivity contribution in [3.63, 3.8) is 0 Å². The average Bonchev–Trinajstić information content (AvgIpc) is 2.46. The van der Waals surface area contributed by atoms with Gasteiger partial charge in [0, 0.05) is 0 Å². The molecule has 2 heteroatoms. The highest BCUT2D eigenvalue weighted by molar-refractivity contribution is 5.79. The van der Waals surface area contributed by atoms with Gasteiger partial charge >= 0.3 is 0 Å². The molecule has 0 amide bonds. The van der Waals surface area contributed by atoms with E-state index >= 15 is 0 Å². The molecule has 0 aliphatic carbocycles. The lowest BCUT2D eigenvalue weighted by molar-refractivity contribution is 0.343. The Kier molecular flexibility index (Phi) is 4.15. The molecule has 1 N–H and O–H groups in total. The molecule has 0 atom stereocenters. The van der Waals surface area contributed by atoms with Gasteiger partial charge < -0.3 is 9.84 Å². The van der Waals surface area contributed by atoms with Crippen molar-refractivity contribution in [2.24, 2.45) is 0 Å². The van der Waals surface area contributed by atoms with Crippen molar-refractivity contribution in [1.29, 1.82) is 0 Å². The lowest BCUT2D eigenvalue weighted by Crippen LogP contribution is -1.90. The van der Waals surface area contributed by atoms with Crippen molar-refractivity contribution in [2.75, 3.05) is 13.7 Å². The van der Waals surface area contributed by atoms with Crippen molar-refractivity contribution in [3.05, 3.63) is 71.8 Å². The van der Waals surface area contributed by atoms with Crippen LogP contribution in [0.2, 0.25) is 0 Å². The van der Waals surface area contributed by atoms with Gasteiger partial charge in [-0.1, -0.05) is 48.5 Å². The number of aliphatic hydroxyl groups is 1. The molecule has 2 nitrogen and oxygen atoms in total. The summed E-state index contributed by atoms with van der Waals surface area (Å²) in [4.78, 5) is 0. The van der Waals surface area contributed by atoms with Gasteiger partial charge in [-0.2, -0.15) is 0 Å². The highest BCUT2D eigenvalue weighted by atomic mass is 16.5. The van der Waals surface area contributed by atoms with Crippen LogP contribution in [0.25, 0.3) is 5.57 Å². The highest BCUT2D eigenvalue weighted by Crippen LogP contribution is 2.24. The molecule has 0 aliphatic heterocycles. The molecule has 0 aliphatic rings. The number of rotatable bonds is 4. The smallest absolute Gasteiger partial charge is 0.118 e. The van der Waals surface area contributed by atoms with Gasteiger partial charge in [0.05, 0.1) is 13.7 Å². The predicted molar refractivity (Wildman–Crippen MR) is 73.6 cm³/mol. The second-order valence-electron chi connectivity index (χ2n) is 3.89. The molecule has 18 heavy (non-hydrogen) atoms. The fourth-order valence-electron chi connectivity index (χ4n) is 1.88. The quantitative estimate of drug-likeness (QED) is 0.889. The number of ether oxygens (including phenoxy) is 1. The van der Waals surface area contributed by atoms with Crippen LogP contribution in [-0.4, -0.2) is 18.8 Å². The minimum absolute atomic E-state index is 0.0241. The molecule has 0 radical (unpaired) electrons. The molecular weight excluding hydrogens is 224 g/mol. The Morgan fingerprint density at radius 3 is 2.17 bits per heavy atom. The van der Waals surface area contributed by atoms with Crippen LogP contribution in [0.5, 0.6) is 5.75 Å². The van der Waals surface area contributed by atoms with Crippen LogP contribution in [0.3, 0.4) is 0 Å². The Labute approximate surface area is 107 Å². The van der Waals surface area contributed by atoms with Crippen LogP contribution in [0, 0.1) is 0 Å². The summed E-state index contributed by atoms with van der Waals surface area (Å²) in [5, 5.41) is 9.16. The fourth-order valence-corrected chi connectivity index (χ4v) is 1.88. The number of aliphatic hydroxyl groups excluding tert-OH is 1. The maximum Gasteiger partial charge on any atom is 0.118 e. The Morgan fingerprint density at radius 2 is 1.61 bits per heavy atom. The summed E-state index contributed by atoms with van der Waals surface area (Å²) in [6.45, 7) is 0.0241. The molecule has 0 aromatic heterocycles. The predicted octanol–water partition coefficient (Wildman–Crippen LogP) is 3.12. The van der Waals surface area contributed by atoms with Crippen LogP contribution < -0.4 is 4.74 Å². The highest BCUT2D eigenvalue weighted by Gasteiger charge is 2.04. The van der Waals surface area contributed by atoms with E-state index in [0.717, 1.165) is 22.4 Å². The summed E-state index contributed by atoms with van der Waals surface area (Å²) in [5.41, 5.74) is 3.19. The second kappa shape index (κ2) is 6.03. The molecule has 0 unspecified atom stereocenters. The normalized spacial score (nSPS) is 11.3. The summed E-state index contributed by atoms with van der Waals surface area (Å²) in [6, 6.07) is 17.9. The van der Waals surface area contributed by atoms with Crippen molar-refractivity contribution in [2.45, 2.75) is 0 Å². The van der Waals surface area contributed by atoms with E-state index in [-0.39, 0.29) is 6.61 Å². The third kappa shape index (κ3) is 2.79. The molecule has 2 aromatic carbocycles.